The third kappa shape index (κ3) is 4.35. The standard InChI is InChI=1S/C22H22FNO4S/c1-16-7-6-8-17(13-16)15-24(18-11-12-20(27-2)21(14-18)28-3)29(25,26)22-10-5-4-9-19(22)23/h4-14H,15H2,1-3H3. The summed E-state index contributed by atoms with van der Waals surface area (Å²) >= 11 is 0. The largest absolute Gasteiger partial charge is 0.493 e. The molecule has 3 aromatic carbocycles. The molecule has 0 aliphatic carbocycles. The Hall–Kier alpha value is -3.06. The van der Waals surface area contributed by atoms with Crippen LogP contribution in [0.2, 0.25) is 0 Å². The summed E-state index contributed by atoms with van der Waals surface area (Å²) < 4.78 is 52.9. The molecule has 29 heavy (non-hydrogen) atoms. The lowest BCUT2D eigenvalue weighted by atomic mass is 10.1. The lowest BCUT2D eigenvalue weighted by Gasteiger charge is -2.26. The van der Waals surface area contributed by atoms with E-state index < -0.39 is 15.8 Å². The van der Waals surface area contributed by atoms with E-state index in [0.29, 0.717) is 17.2 Å². The molecule has 0 heterocycles. The Morgan fingerprint density at radius 2 is 1.62 bits per heavy atom. The minimum atomic E-state index is -4.18. The van der Waals surface area contributed by atoms with Crippen LogP contribution >= 0.6 is 0 Å². The molecule has 0 saturated carbocycles. The third-order valence-corrected chi connectivity index (χ3v) is 6.28. The van der Waals surface area contributed by atoms with Crippen molar-refractivity contribution >= 4 is 15.7 Å². The summed E-state index contributed by atoms with van der Waals surface area (Å²) in [5.74, 6) is 0.0419. The molecule has 0 aliphatic rings. The number of anilines is 1. The summed E-state index contributed by atoms with van der Waals surface area (Å²) in [4.78, 5) is -0.387. The van der Waals surface area contributed by atoms with Crippen LogP contribution in [-0.4, -0.2) is 22.6 Å². The summed E-state index contributed by atoms with van der Waals surface area (Å²) in [6.45, 7) is 1.96. The van der Waals surface area contributed by atoms with Crippen LogP contribution in [0.3, 0.4) is 0 Å². The molecule has 0 N–H and O–H groups in total. The Labute approximate surface area is 170 Å². The molecule has 3 aromatic rings. The number of nitrogens with zero attached hydrogens (tertiary/aromatic N) is 1. The molecule has 0 spiro atoms. The van der Waals surface area contributed by atoms with E-state index in [9.17, 15) is 12.8 Å². The van der Waals surface area contributed by atoms with Gasteiger partial charge in [-0.25, -0.2) is 12.8 Å². The molecule has 5 nitrogen and oxygen atoms in total. The van der Waals surface area contributed by atoms with Crippen molar-refractivity contribution in [2.24, 2.45) is 0 Å². The normalized spacial score (nSPS) is 11.2. The quantitative estimate of drug-likeness (QED) is 0.568. The van der Waals surface area contributed by atoms with Gasteiger partial charge >= 0.3 is 0 Å². The van der Waals surface area contributed by atoms with Gasteiger partial charge in [0.25, 0.3) is 10.0 Å². The van der Waals surface area contributed by atoms with Gasteiger partial charge in [-0.15, -0.1) is 0 Å². The number of ether oxygens (including phenoxy) is 2. The van der Waals surface area contributed by atoms with Gasteiger partial charge in [-0.2, -0.15) is 0 Å². The third-order valence-electron chi connectivity index (χ3n) is 4.47. The summed E-state index contributed by atoms with van der Waals surface area (Å²) in [6, 6.07) is 17.6. The van der Waals surface area contributed by atoms with Gasteiger partial charge in [0.15, 0.2) is 11.5 Å². The highest BCUT2D eigenvalue weighted by molar-refractivity contribution is 7.92. The first-order chi connectivity index (χ1) is 13.9. The predicted octanol–water partition coefficient (Wildman–Crippen LogP) is 4.55. The topological polar surface area (TPSA) is 55.8 Å². The SMILES string of the molecule is COc1ccc(N(Cc2cccc(C)c2)S(=O)(=O)c2ccccc2F)cc1OC. The first-order valence-electron chi connectivity index (χ1n) is 8.91. The van der Waals surface area contributed by atoms with Crippen LogP contribution in [0.1, 0.15) is 11.1 Å². The zero-order valence-corrected chi connectivity index (χ0v) is 17.2. The van der Waals surface area contributed by atoms with Crippen LogP contribution in [-0.2, 0) is 16.6 Å². The van der Waals surface area contributed by atoms with Crippen molar-refractivity contribution in [2.75, 3.05) is 18.5 Å². The summed E-state index contributed by atoms with van der Waals surface area (Å²) in [5.41, 5.74) is 2.12. The zero-order valence-electron chi connectivity index (χ0n) is 16.4. The van der Waals surface area contributed by atoms with Crippen LogP contribution < -0.4 is 13.8 Å². The molecule has 0 radical (unpaired) electrons. The minimum absolute atomic E-state index is 0.0355. The van der Waals surface area contributed by atoms with Crippen LogP contribution in [0, 0.1) is 12.7 Å². The molecular weight excluding hydrogens is 393 g/mol. The maximum Gasteiger partial charge on any atom is 0.267 e. The van der Waals surface area contributed by atoms with Gasteiger partial charge in [0.1, 0.15) is 10.7 Å². The van der Waals surface area contributed by atoms with Crippen molar-refractivity contribution < 1.29 is 22.3 Å². The lowest BCUT2D eigenvalue weighted by molar-refractivity contribution is 0.355. The summed E-state index contributed by atoms with van der Waals surface area (Å²) in [6.07, 6.45) is 0. The Morgan fingerprint density at radius 1 is 0.897 bits per heavy atom. The fourth-order valence-corrected chi connectivity index (χ4v) is 4.56. The highest BCUT2D eigenvalue weighted by Crippen LogP contribution is 2.35. The van der Waals surface area contributed by atoms with Crippen molar-refractivity contribution in [3.63, 3.8) is 0 Å². The molecule has 0 bridgehead atoms. The molecular formula is C22H22FNO4S. The maximum atomic E-state index is 14.4. The van der Waals surface area contributed by atoms with Crippen molar-refractivity contribution in [1.29, 1.82) is 0 Å². The number of rotatable bonds is 7. The first kappa shape index (κ1) is 20.7. The maximum absolute atomic E-state index is 14.4. The van der Waals surface area contributed by atoms with E-state index in [1.165, 1.54) is 36.7 Å². The van der Waals surface area contributed by atoms with E-state index in [2.05, 4.69) is 0 Å². The lowest BCUT2D eigenvalue weighted by Crippen LogP contribution is -2.31. The molecule has 0 unspecified atom stereocenters. The molecule has 152 valence electrons. The second-order valence-corrected chi connectivity index (χ2v) is 8.30. The van der Waals surface area contributed by atoms with E-state index in [1.54, 1.807) is 18.2 Å². The first-order valence-corrected chi connectivity index (χ1v) is 10.4. The average molecular weight is 415 g/mol. The number of aryl methyl sites for hydroxylation is 1. The fraction of sp³-hybridized carbons (Fsp3) is 0.182. The van der Waals surface area contributed by atoms with Crippen LogP contribution in [0.15, 0.2) is 71.6 Å². The smallest absolute Gasteiger partial charge is 0.267 e. The average Bonchev–Trinajstić information content (AvgIpc) is 2.71. The van der Waals surface area contributed by atoms with Gasteiger partial charge in [0.2, 0.25) is 0 Å². The molecule has 0 atom stereocenters. The van der Waals surface area contributed by atoms with Crippen molar-refractivity contribution in [2.45, 2.75) is 18.4 Å². The Balaban J connectivity index is 2.15. The van der Waals surface area contributed by atoms with Gasteiger partial charge in [-0.05, 0) is 36.8 Å². The molecule has 0 amide bonds. The highest BCUT2D eigenvalue weighted by atomic mass is 32.2. The molecule has 0 aliphatic heterocycles. The highest BCUT2D eigenvalue weighted by Gasteiger charge is 2.28. The molecule has 0 aromatic heterocycles. The molecule has 3 rings (SSSR count). The van der Waals surface area contributed by atoms with Crippen LogP contribution in [0.25, 0.3) is 0 Å². The van der Waals surface area contributed by atoms with Crippen molar-refractivity contribution in [1.82, 2.24) is 0 Å². The number of methoxy groups -OCH3 is 2. The number of hydrogen-bond donors (Lipinski definition) is 0. The van der Waals surface area contributed by atoms with Gasteiger partial charge in [-0.1, -0.05) is 42.0 Å². The predicted molar refractivity (Wildman–Crippen MR) is 110 cm³/mol. The fourth-order valence-electron chi connectivity index (χ4n) is 3.04. The van der Waals surface area contributed by atoms with Crippen molar-refractivity contribution in [3.8, 4) is 11.5 Å². The van der Waals surface area contributed by atoms with Crippen LogP contribution in [0.5, 0.6) is 11.5 Å². The number of hydrogen-bond acceptors (Lipinski definition) is 4. The number of halogens is 1. The van der Waals surface area contributed by atoms with Gasteiger partial charge in [0.05, 0.1) is 26.5 Å². The second-order valence-electron chi connectivity index (χ2n) is 6.47. The zero-order chi connectivity index (χ0) is 21.0. The molecule has 7 heteroatoms. The summed E-state index contributed by atoms with van der Waals surface area (Å²) in [5, 5.41) is 0. The van der Waals surface area contributed by atoms with Gasteiger partial charge < -0.3 is 9.47 Å². The monoisotopic (exact) mass is 415 g/mol. The Morgan fingerprint density at radius 3 is 2.28 bits per heavy atom. The van der Waals surface area contributed by atoms with E-state index in [-0.39, 0.29) is 11.4 Å². The summed E-state index contributed by atoms with van der Waals surface area (Å²) in [7, 11) is -1.21. The molecule has 0 fully saturated rings. The molecule has 0 saturated heterocycles. The van der Waals surface area contributed by atoms with Crippen LogP contribution in [0.4, 0.5) is 10.1 Å². The Kier molecular flexibility index (Phi) is 6.08. The van der Waals surface area contributed by atoms with Gasteiger partial charge in [-0.3, -0.25) is 4.31 Å². The van der Waals surface area contributed by atoms with E-state index in [1.807, 2.05) is 31.2 Å². The second kappa shape index (κ2) is 8.53. The van der Waals surface area contributed by atoms with Crippen molar-refractivity contribution in [3.05, 3.63) is 83.7 Å². The van der Waals surface area contributed by atoms with E-state index in [0.717, 1.165) is 17.2 Å². The number of sulfonamides is 1. The number of benzene rings is 3. The van der Waals surface area contributed by atoms with E-state index >= 15 is 0 Å². The Bertz CT molecular complexity index is 1120. The van der Waals surface area contributed by atoms with Gasteiger partial charge in [0, 0.05) is 6.07 Å². The minimum Gasteiger partial charge on any atom is -0.493 e. The van der Waals surface area contributed by atoms with E-state index in [4.69, 9.17) is 9.47 Å².